The van der Waals surface area contributed by atoms with Crippen molar-refractivity contribution in [1.82, 2.24) is 0 Å². The van der Waals surface area contributed by atoms with Crippen LogP contribution in [0.2, 0.25) is 0 Å². The van der Waals surface area contributed by atoms with Crippen LogP contribution >= 0.6 is 11.3 Å². The Hall–Kier alpha value is -1.11. The molecule has 0 aliphatic heterocycles. The molecule has 1 heterocycles. The molecule has 0 spiro atoms. The lowest BCUT2D eigenvalue weighted by molar-refractivity contribution is 0.349. The van der Waals surface area contributed by atoms with Crippen LogP contribution in [-0.2, 0) is 10.3 Å². The lowest BCUT2D eigenvalue weighted by Crippen LogP contribution is -2.18. The summed E-state index contributed by atoms with van der Waals surface area (Å²) in [6.45, 7) is 2.32. The van der Waals surface area contributed by atoms with Crippen LogP contribution in [0.1, 0.15) is 44.1 Å². The molecule has 1 fully saturated rings. The zero-order valence-electron chi connectivity index (χ0n) is 11.9. The van der Waals surface area contributed by atoms with Crippen LogP contribution in [0.5, 0.6) is 5.75 Å². The van der Waals surface area contributed by atoms with Crippen LogP contribution in [0.3, 0.4) is 0 Å². The van der Waals surface area contributed by atoms with E-state index in [1.54, 1.807) is 23.5 Å². The molecule has 0 amide bonds. The maximum Gasteiger partial charge on any atom is 0.380 e. The smallest absolute Gasteiger partial charge is 0.371 e. The van der Waals surface area contributed by atoms with Gasteiger partial charge in [0.05, 0.1) is 0 Å². The Bertz CT molecular complexity index is 743. The molecule has 1 saturated carbocycles. The van der Waals surface area contributed by atoms with Gasteiger partial charge in [-0.1, -0.05) is 19.8 Å². The molecule has 114 valence electrons. The van der Waals surface area contributed by atoms with Crippen molar-refractivity contribution in [2.45, 2.75) is 38.5 Å². The summed E-state index contributed by atoms with van der Waals surface area (Å²) in [7, 11) is -3.96. The first-order valence-corrected chi connectivity index (χ1v) is 9.51. The molecular formula is C15H19NO3S2. The molecule has 0 radical (unpaired) electrons. The average Bonchev–Trinajstić information content (AvgIpc) is 2.81. The molecule has 0 atom stereocenters. The molecule has 2 N–H and O–H groups in total. The Morgan fingerprint density at radius 3 is 2.62 bits per heavy atom. The lowest BCUT2D eigenvalue weighted by Gasteiger charge is -2.26. The van der Waals surface area contributed by atoms with Crippen LogP contribution in [0.15, 0.2) is 23.6 Å². The number of rotatable bonds is 3. The van der Waals surface area contributed by atoms with Crippen LogP contribution in [0, 0.1) is 5.92 Å². The third-order valence-corrected chi connectivity index (χ3v) is 5.63. The monoisotopic (exact) mass is 325 g/mol. The minimum atomic E-state index is -3.96. The largest absolute Gasteiger partial charge is 0.380 e. The fraction of sp³-hybridized carbons (Fsp3) is 0.467. The third kappa shape index (κ3) is 3.39. The van der Waals surface area contributed by atoms with Gasteiger partial charge in [-0.15, -0.1) is 11.3 Å². The minimum Gasteiger partial charge on any atom is -0.371 e. The van der Waals surface area contributed by atoms with Gasteiger partial charge in [-0.2, -0.15) is 13.6 Å². The van der Waals surface area contributed by atoms with E-state index in [1.165, 1.54) is 36.6 Å². The predicted molar refractivity (Wildman–Crippen MR) is 85.9 cm³/mol. The van der Waals surface area contributed by atoms with Crippen LogP contribution in [0.4, 0.5) is 0 Å². The predicted octanol–water partition coefficient (Wildman–Crippen LogP) is 3.78. The molecule has 6 heteroatoms. The van der Waals surface area contributed by atoms with E-state index in [4.69, 9.17) is 9.32 Å². The first-order chi connectivity index (χ1) is 9.92. The van der Waals surface area contributed by atoms with E-state index in [1.807, 2.05) is 6.07 Å². The molecule has 1 aliphatic rings. The number of hydrogen-bond acceptors (Lipinski definition) is 4. The van der Waals surface area contributed by atoms with Crippen molar-refractivity contribution >= 4 is 31.7 Å². The lowest BCUT2D eigenvalue weighted by atomic mass is 9.79. The van der Waals surface area contributed by atoms with Crippen molar-refractivity contribution < 1.29 is 12.6 Å². The highest BCUT2D eigenvalue weighted by atomic mass is 32.2. The summed E-state index contributed by atoms with van der Waals surface area (Å²) in [6, 6.07) is 5.37. The Morgan fingerprint density at radius 1 is 1.24 bits per heavy atom. The van der Waals surface area contributed by atoms with E-state index >= 15 is 0 Å². The molecule has 1 aliphatic carbocycles. The van der Waals surface area contributed by atoms with Gasteiger partial charge in [-0.25, -0.2) is 0 Å². The van der Waals surface area contributed by atoms with Crippen LogP contribution in [-0.4, -0.2) is 8.42 Å². The van der Waals surface area contributed by atoms with Gasteiger partial charge in [-0.05, 0) is 59.2 Å². The molecule has 0 saturated heterocycles. The van der Waals surface area contributed by atoms with Gasteiger partial charge in [0, 0.05) is 4.70 Å². The van der Waals surface area contributed by atoms with Gasteiger partial charge >= 0.3 is 10.3 Å². The second-order valence-corrected chi connectivity index (χ2v) is 7.95. The van der Waals surface area contributed by atoms with Gasteiger partial charge in [0.2, 0.25) is 0 Å². The fourth-order valence-corrected chi connectivity index (χ4v) is 4.54. The minimum absolute atomic E-state index is 0.274. The second kappa shape index (κ2) is 5.59. The van der Waals surface area contributed by atoms with Crippen LogP contribution < -0.4 is 9.32 Å². The summed E-state index contributed by atoms with van der Waals surface area (Å²) in [4.78, 5) is 0. The molecule has 1 aromatic heterocycles. The number of hydrogen-bond donors (Lipinski definition) is 1. The normalized spacial score (nSPS) is 23.3. The van der Waals surface area contributed by atoms with E-state index in [9.17, 15) is 8.42 Å². The van der Waals surface area contributed by atoms with Gasteiger partial charge < -0.3 is 4.18 Å². The van der Waals surface area contributed by atoms with Crippen molar-refractivity contribution in [1.29, 1.82) is 0 Å². The van der Waals surface area contributed by atoms with Gasteiger partial charge in [-0.3, -0.25) is 0 Å². The van der Waals surface area contributed by atoms with Crippen molar-refractivity contribution in [2.75, 3.05) is 0 Å². The quantitative estimate of drug-likeness (QED) is 0.933. The molecular weight excluding hydrogens is 306 g/mol. The number of benzene rings is 1. The highest BCUT2D eigenvalue weighted by molar-refractivity contribution is 7.84. The maximum absolute atomic E-state index is 11.0. The fourth-order valence-electron chi connectivity index (χ4n) is 3.10. The molecule has 0 bridgehead atoms. The topological polar surface area (TPSA) is 69.4 Å². The molecule has 1 aromatic carbocycles. The number of thiophene rings is 1. The first kappa shape index (κ1) is 14.8. The highest BCUT2D eigenvalue weighted by Crippen LogP contribution is 2.41. The molecule has 21 heavy (non-hydrogen) atoms. The molecule has 3 rings (SSSR count). The highest BCUT2D eigenvalue weighted by Gasteiger charge is 2.22. The van der Waals surface area contributed by atoms with Crippen molar-refractivity contribution in [3.63, 3.8) is 0 Å². The summed E-state index contributed by atoms with van der Waals surface area (Å²) in [5.41, 5.74) is 1.39. The van der Waals surface area contributed by atoms with E-state index in [0.717, 1.165) is 10.6 Å². The SMILES string of the molecule is CC1CCC(c2csc3cc(OS(N)(=O)=O)ccc23)CC1. The second-order valence-electron chi connectivity index (χ2n) is 5.88. The van der Waals surface area contributed by atoms with E-state index in [0.29, 0.717) is 5.92 Å². The van der Waals surface area contributed by atoms with Gasteiger partial charge in [0.25, 0.3) is 0 Å². The van der Waals surface area contributed by atoms with Crippen molar-refractivity contribution in [2.24, 2.45) is 11.1 Å². The summed E-state index contributed by atoms with van der Waals surface area (Å²) in [5.74, 6) is 1.73. The Labute approximate surface area is 129 Å². The Morgan fingerprint density at radius 2 is 1.95 bits per heavy atom. The van der Waals surface area contributed by atoms with Gasteiger partial charge in [0.15, 0.2) is 0 Å². The summed E-state index contributed by atoms with van der Waals surface area (Å²) in [6.07, 6.45) is 5.05. The maximum atomic E-state index is 11.0. The summed E-state index contributed by atoms with van der Waals surface area (Å²) < 4.78 is 27.7. The molecule has 0 unspecified atom stereocenters. The Kier molecular flexibility index (Phi) is 3.94. The molecule has 2 aromatic rings. The molecule has 4 nitrogen and oxygen atoms in total. The summed E-state index contributed by atoms with van der Waals surface area (Å²) >= 11 is 1.63. The standard InChI is InChI=1S/C15H19NO3S2/c1-10-2-4-11(5-3-10)14-9-20-15-8-12(6-7-13(14)15)19-21(16,17)18/h6-11H,2-5H2,1H3,(H2,16,17,18). The van der Waals surface area contributed by atoms with E-state index < -0.39 is 10.3 Å². The number of fused-ring (bicyclic) bond motifs is 1. The first-order valence-electron chi connectivity index (χ1n) is 7.16. The zero-order valence-corrected chi connectivity index (χ0v) is 13.5. The summed E-state index contributed by atoms with van der Waals surface area (Å²) in [5, 5.41) is 8.31. The van der Waals surface area contributed by atoms with E-state index in [2.05, 4.69) is 12.3 Å². The third-order valence-electron chi connectivity index (χ3n) is 4.25. The van der Waals surface area contributed by atoms with Crippen molar-refractivity contribution in [3.05, 3.63) is 29.1 Å². The van der Waals surface area contributed by atoms with Crippen molar-refractivity contribution in [3.8, 4) is 5.75 Å². The van der Waals surface area contributed by atoms with Gasteiger partial charge in [0.1, 0.15) is 5.75 Å². The average molecular weight is 325 g/mol. The Balaban J connectivity index is 1.89. The van der Waals surface area contributed by atoms with Crippen LogP contribution in [0.25, 0.3) is 10.1 Å². The number of nitrogens with two attached hydrogens (primary N) is 1. The van der Waals surface area contributed by atoms with E-state index in [-0.39, 0.29) is 5.75 Å². The zero-order chi connectivity index (χ0) is 15.0.